The van der Waals surface area contributed by atoms with Crippen LogP contribution in [0.2, 0.25) is 0 Å². The number of piperidine rings is 1. The average molecular weight is 383 g/mol. The Bertz CT molecular complexity index is 754. The van der Waals surface area contributed by atoms with E-state index in [0.717, 1.165) is 12.3 Å². The number of hydrogen-bond acceptors (Lipinski definition) is 5. The molecule has 3 N–H and O–H groups in total. The fourth-order valence-corrected chi connectivity index (χ4v) is 3.03. The lowest BCUT2D eigenvalue weighted by atomic mass is 9.88. The Morgan fingerprint density at radius 3 is 2.59 bits per heavy atom. The second-order valence-electron chi connectivity index (χ2n) is 6.61. The molecule has 7 nitrogen and oxygen atoms in total. The van der Waals surface area contributed by atoms with Gasteiger partial charge in [-0.2, -0.15) is 18.3 Å². The van der Waals surface area contributed by atoms with Gasteiger partial charge in [0.25, 0.3) is 5.91 Å². The molecule has 3 heterocycles. The minimum Gasteiger partial charge on any atom is -0.390 e. The van der Waals surface area contributed by atoms with E-state index in [1.54, 1.807) is 0 Å². The minimum atomic E-state index is -4.41. The monoisotopic (exact) mass is 383 g/mol. The first kappa shape index (κ1) is 19.2. The molecule has 3 rings (SSSR count). The number of aliphatic hydroxyl groups is 1. The number of alkyl halides is 3. The highest BCUT2D eigenvalue weighted by Gasteiger charge is 2.34. The number of H-pyrrole nitrogens is 1. The Morgan fingerprint density at radius 2 is 2.04 bits per heavy atom. The fourth-order valence-electron chi connectivity index (χ4n) is 3.03. The number of anilines is 1. The van der Waals surface area contributed by atoms with Gasteiger partial charge in [-0.3, -0.25) is 9.89 Å². The molecule has 2 aromatic rings. The van der Waals surface area contributed by atoms with E-state index in [9.17, 15) is 23.1 Å². The normalized spacial score (nSPS) is 17.0. The molecule has 146 valence electrons. The summed E-state index contributed by atoms with van der Waals surface area (Å²) < 4.78 is 37.8. The van der Waals surface area contributed by atoms with E-state index in [-0.39, 0.29) is 5.91 Å². The summed E-state index contributed by atoms with van der Waals surface area (Å²) in [7, 11) is 0. The predicted octanol–water partition coefficient (Wildman–Crippen LogP) is 1.97. The summed E-state index contributed by atoms with van der Waals surface area (Å²) in [6, 6.07) is 2.35. The number of aromatic amines is 1. The Hall–Kier alpha value is -2.62. The third kappa shape index (κ3) is 4.76. The molecule has 1 aliphatic rings. The summed E-state index contributed by atoms with van der Waals surface area (Å²) in [6.07, 6.45) is 0.592. The maximum Gasteiger partial charge on any atom is 0.417 e. The number of amides is 1. The molecular formula is C17H20F3N5O2. The molecule has 0 bridgehead atoms. The van der Waals surface area contributed by atoms with E-state index >= 15 is 0 Å². The maximum absolute atomic E-state index is 12.6. The fraction of sp³-hybridized carbons (Fsp3) is 0.471. The summed E-state index contributed by atoms with van der Waals surface area (Å²) in [6.45, 7) is 1.27. The second kappa shape index (κ2) is 7.55. The van der Waals surface area contributed by atoms with Crippen molar-refractivity contribution in [3.05, 3.63) is 41.9 Å². The number of carbonyl (C=O) groups excluding carboxylic acids is 1. The number of rotatable bonds is 5. The summed E-state index contributed by atoms with van der Waals surface area (Å²) in [5, 5.41) is 19.7. The van der Waals surface area contributed by atoms with E-state index in [1.165, 1.54) is 18.5 Å². The van der Waals surface area contributed by atoms with Crippen molar-refractivity contribution >= 4 is 11.7 Å². The Morgan fingerprint density at radius 1 is 1.30 bits per heavy atom. The van der Waals surface area contributed by atoms with E-state index in [0.29, 0.717) is 50.3 Å². The molecule has 1 amide bonds. The Kier molecular flexibility index (Phi) is 5.36. The molecule has 0 spiro atoms. The zero-order valence-corrected chi connectivity index (χ0v) is 14.5. The molecule has 1 fully saturated rings. The zero-order chi connectivity index (χ0) is 19.5. The maximum atomic E-state index is 12.6. The van der Waals surface area contributed by atoms with Gasteiger partial charge in [-0.1, -0.05) is 0 Å². The van der Waals surface area contributed by atoms with Gasteiger partial charge in [0.1, 0.15) is 5.82 Å². The van der Waals surface area contributed by atoms with E-state index in [4.69, 9.17) is 0 Å². The highest BCUT2D eigenvalue weighted by atomic mass is 19.4. The third-order valence-electron chi connectivity index (χ3n) is 4.73. The van der Waals surface area contributed by atoms with Crippen molar-refractivity contribution in [2.24, 2.45) is 0 Å². The van der Waals surface area contributed by atoms with Crippen molar-refractivity contribution in [3.8, 4) is 0 Å². The average Bonchev–Trinajstić information content (AvgIpc) is 3.16. The van der Waals surface area contributed by atoms with Crippen LogP contribution in [0.25, 0.3) is 0 Å². The van der Waals surface area contributed by atoms with Gasteiger partial charge in [0.15, 0.2) is 0 Å². The molecule has 10 heteroatoms. The topological polar surface area (TPSA) is 94.1 Å². The van der Waals surface area contributed by atoms with Crippen LogP contribution in [-0.4, -0.2) is 51.4 Å². The number of pyridine rings is 1. The van der Waals surface area contributed by atoms with Gasteiger partial charge in [-0.25, -0.2) is 4.98 Å². The van der Waals surface area contributed by atoms with Crippen molar-refractivity contribution in [1.29, 1.82) is 0 Å². The van der Waals surface area contributed by atoms with Gasteiger partial charge in [0.2, 0.25) is 0 Å². The molecule has 2 aromatic heterocycles. The first-order valence-electron chi connectivity index (χ1n) is 8.54. The van der Waals surface area contributed by atoms with Gasteiger partial charge >= 0.3 is 6.18 Å². The predicted molar refractivity (Wildman–Crippen MR) is 91.2 cm³/mol. The molecule has 0 saturated carbocycles. The van der Waals surface area contributed by atoms with Crippen molar-refractivity contribution < 1.29 is 23.1 Å². The van der Waals surface area contributed by atoms with E-state index < -0.39 is 17.3 Å². The standard InChI is InChI=1S/C17H20F3N5O2/c18-17(19,20)13-1-2-14(22-11-13)25-7-4-16(27,5-8-25)3-6-21-15(26)12-9-23-24-10-12/h1-2,9-11,27H,3-8H2,(H,21,26)(H,23,24). The van der Waals surface area contributed by atoms with Crippen LogP contribution in [0, 0.1) is 0 Å². The number of nitrogens with one attached hydrogen (secondary N) is 2. The summed E-state index contributed by atoms with van der Waals surface area (Å²) in [4.78, 5) is 17.6. The first-order valence-corrected chi connectivity index (χ1v) is 8.54. The lowest BCUT2D eigenvalue weighted by molar-refractivity contribution is -0.137. The largest absolute Gasteiger partial charge is 0.417 e. The van der Waals surface area contributed by atoms with Gasteiger partial charge in [-0.05, 0) is 31.4 Å². The highest BCUT2D eigenvalue weighted by molar-refractivity contribution is 5.93. The van der Waals surface area contributed by atoms with Gasteiger partial charge in [0.05, 0.1) is 22.9 Å². The van der Waals surface area contributed by atoms with Gasteiger partial charge in [-0.15, -0.1) is 0 Å². The lowest BCUT2D eigenvalue weighted by Crippen LogP contribution is -2.46. The van der Waals surface area contributed by atoms with Crippen LogP contribution in [0.4, 0.5) is 19.0 Å². The number of carbonyl (C=O) groups is 1. The molecule has 0 aromatic carbocycles. The van der Waals surface area contributed by atoms with Crippen LogP contribution in [0.15, 0.2) is 30.7 Å². The zero-order valence-electron chi connectivity index (χ0n) is 14.5. The van der Waals surface area contributed by atoms with Crippen molar-refractivity contribution in [1.82, 2.24) is 20.5 Å². The minimum absolute atomic E-state index is 0.265. The quantitative estimate of drug-likeness (QED) is 0.734. The second-order valence-corrected chi connectivity index (χ2v) is 6.61. The smallest absolute Gasteiger partial charge is 0.390 e. The van der Waals surface area contributed by atoms with Crippen molar-refractivity contribution in [3.63, 3.8) is 0 Å². The van der Waals surface area contributed by atoms with Crippen LogP contribution in [0.5, 0.6) is 0 Å². The van der Waals surface area contributed by atoms with Crippen LogP contribution in [0.3, 0.4) is 0 Å². The summed E-state index contributed by atoms with van der Waals surface area (Å²) >= 11 is 0. The van der Waals surface area contributed by atoms with E-state index in [2.05, 4.69) is 20.5 Å². The number of aromatic nitrogens is 3. The van der Waals surface area contributed by atoms with Crippen molar-refractivity contribution in [2.45, 2.75) is 31.0 Å². The summed E-state index contributed by atoms with van der Waals surface area (Å²) in [5.74, 6) is 0.192. The summed E-state index contributed by atoms with van der Waals surface area (Å²) in [5.41, 5.74) is -1.29. The molecular weight excluding hydrogens is 363 g/mol. The first-order chi connectivity index (χ1) is 12.8. The van der Waals surface area contributed by atoms with E-state index in [1.807, 2.05) is 4.90 Å². The number of halogens is 3. The molecule has 0 radical (unpaired) electrons. The van der Waals surface area contributed by atoms with Crippen LogP contribution in [0.1, 0.15) is 35.2 Å². The van der Waals surface area contributed by atoms with Gasteiger partial charge in [0, 0.05) is 32.0 Å². The highest BCUT2D eigenvalue weighted by Crippen LogP contribution is 2.31. The third-order valence-corrected chi connectivity index (χ3v) is 4.73. The van der Waals surface area contributed by atoms with Gasteiger partial charge < -0.3 is 15.3 Å². The molecule has 0 atom stereocenters. The Balaban J connectivity index is 1.48. The van der Waals surface area contributed by atoms with Crippen LogP contribution >= 0.6 is 0 Å². The molecule has 0 aliphatic carbocycles. The molecule has 1 aliphatic heterocycles. The molecule has 27 heavy (non-hydrogen) atoms. The molecule has 1 saturated heterocycles. The Labute approximate surface area is 153 Å². The van der Waals surface area contributed by atoms with Crippen LogP contribution < -0.4 is 10.2 Å². The lowest BCUT2D eigenvalue weighted by Gasteiger charge is -2.38. The number of hydrogen-bond donors (Lipinski definition) is 3. The van der Waals surface area contributed by atoms with Crippen molar-refractivity contribution in [2.75, 3.05) is 24.5 Å². The molecule has 0 unspecified atom stereocenters. The number of nitrogens with zero attached hydrogens (tertiary/aromatic N) is 3. The van der Waals surface area contributed by atoms with Crippen LogP contribution in [-0.2, 0) is 6.18 Å². The SMILES string of the molecule is O=C(NCCC1(O)CCN(c2ccc(C(F)(F)F)cn2)CC1)c1cn[nH]c1.